The lowest BCUT2D eigenvalue weighted by molar-refractivity contribution is -0.131. The van der Waals surface area contributed by atoms with Crippen LogP contribution in [0.1, 0.15) is 43.7 Å². The fraction of sp³-hybridized carbons (Fsp3) is 0.320. The molecule has 2 aromatic carbocycles. The Morgan fingerprint density at radius 2 is 2.00 bits per heavy atom. The highest BCUT2D eigenvalue weighted by Gasteiger charge is 2.19. The van der Waals surface area contributed by atoms with Crippen molar-refractivity contribution in [1.29, 1.82) is 0 Å². The standard InChI is InChI=1S/C25H28N2O3/c1-2-30-16-17-14-21-20(12-13-23(28)29)24(18-8-4-3-5-9-18)27-25(21)22(15-17)26-19-10-6-7-11-19/h3-5,8-9,12-15,19,26-27H,2,6-7,10-11,16H2,1H3,(H,28,29)/b13-12+. The smallest absolute Gasteiger partial charge is 0.328 e. The molecular formula is C25H28N2O3. The molecule has 30 heavy (non-hydrogen) atoms. The van der Waals surface area contributed by atoms with Gasteiger partial charge in [0.05, 0.1) is 23.5 Å². The van der Waals surface area contributed by atoms with Crippen molar-refractivity contribution < 1.29 is 14.6 Å². The molecule has 1 aliphatic rings. The number of carboxylic acid groups (broad SMARTS) is 1. The molecule has 5 heteroatoms. The van der Waals surface area contributed by atoms with Crippen molar-refractivity contribution in [2.45, 2.75) is 45.3 Å². The predicted molar refractivity (Wildman–Crippen MR) is 122 cm³/mol. The summed E-state index contributed by atoms with van der Waals surface area (Å²) in [6, 6.07) is 14.8. The normalized spacial score (nSPS) is 14.7. The SMILES string of the molecule is CCOCc1cc(NC2CCCC2)c2[nH]c(-c3ccccc3)c(/C=C/C(=O)O)c2c1. The van der Waals surface area contributed by atoms with Crippen LogP contribution in [0.25, 0.3) is 28.2 Å². The minimum Gasteiger partial charge on any atom is -0.478 e. The molecule has 1 aromatic heterocycles. The van der Waals surface area contributed by atoms with E-state index in [2.05, 4.69) is 22.4 Å². The summed E-state index contributed by atoms with van der Waals surface area (Å²) in [5.74, 6) is -0.960. The Balaban J connectivity index is 1.89. The summed E-state index contributed by atoms with van der Waals surface area (Å²) in [7, 11) is 0. The molecule has 0 spiro atoms. The molecular weight excluding hydrogens is 376 g/mol. The minimum atomic E-state index is -0.960. The van der Waals surface area contributed by atoms with Crippen LogP contribution in [-0.2, 0) is 16.1 Å². The van der Waals surface area contributed by atoms with Gasteiger partial charge in [0.15, 0.2) is 0 Å². The Morgan fingerprint density at radius 1 is 1.23 bits per heavy atom. The number of fused-ring (bicyclic) bond motifs is 1. The Morgan fingerprint density at radius 3 is 2.70 bits per heavy atom. The average molecular weight is 405 g/mol. The van der Waals surface area contributed by atoms with Gasteiger partial charge in [0.25, 0.3) is 0 Å². The van der Waals surface area contributed by atoms with Gasteiger partial charge in [0.2, 0.25) is 0 Å². The van der Waals surface area contributed by atoms with E-state index in [1.54, 1.807) is 6.08 Å². The number of aromatic nitrogens is 1. The highest BCUT2D eigenvalue weighted by Crippen LogP contribution is 2.37. The van der Waals surface area contributed by atoms with Crippen LogP contribution in [0, 0.1) is 0 Å². The third-order valence-electron chi connectivity index (χ3n) is 5.65. The van der Waals surface area contributed by atoms with Crippen LogP contribution < -0.4 is 5.32 Å². The van der Waals surface area contributed by atoms with Gasteiger partial charge >= 0.3 is 5.97 Å². The zero-order valence-corrected chi connectivity index (χ0v) is 17.3. The molecule has 156 valence electrons. The highest BCUT2D eigenvalue weighted by molar-refractivity contribution is 6.04. The third-order valence-corrected chi connectivity index (χ3v) is 5.65. The first-order chi connectivity index (χ1) is 14.7. The van der Waals surface area contributed by atoms with E-state index in [1.807, 2.05) is 37.3 Å². The summed E-state index contributed by atoms with van der Waals surface area (Å²) in [4.78, 5) is 14.8. The van der Waals surface area contributed by atoms with Gasteiger partial charge in [-0.1, -0.05) is 43.2 Å². The Labute approximate surface area is 176 Å². The monoisotopic (exact) mass is 404 g/mol. The summed E-state index contributed by atoms with van der Waals surface area (Å²) in [6.45, 7) is 3.17. The van der Waals surface area contributed by atoms with Crippen LogP contribution in [0.2, 0.25) is 0 Å². The summed E-state index contributed by atoms with van der Waals surface area (Å²) in [5, 5.41) is 14.0. The fourth-order valence-electron chi connectivity index (χ4n) is 4.24. The van der Waals surface area contributed by atoms with Gasteiger partial charge in [-0.05, 0) is 49.1 Å². The zero-order chi connectivity index (χ0) is 20.9. The number of ether oxygens (including phenoxy) is 1. The van der Waals surface area contributed by atoms with Gasteiger partial charge in [0, 0.05) is 29.7 Å². The molecule has 5 nitrogen and oxygen atoms in total. The summed E-state index contributed by atoms with van der Waals surface area (Å²) < 4.78 is 5.67. The number of H-pyrrole nitrogens is 1. The van der Waals surface area contributed by atoms with Crippen LogP contribution in [0.15, 0.2) is 48.5 Å². The van der Waals surface area contributed by atoms with Crippen LogP contribution in [0.5, 0.6) is 0 Å². The number of carbonyl (C=O) groups is 1. The number of hydrogen-bond acceptors (Lipinski definition) is 3. The molecule has 1 fully saturated rings. The Kier molecular flexibility index (Phi) is 6.19. The molecule has 1 aliphatic carbocycles. The first kappa shape index (κ1) is 20.2. The number of benzene rings is 2. The lowest BCUT2D eigenvalue weighted by Crippen LogP contribution is -2.15. The molecule has 1 heterocycles. The van der Waals surface area contributed by atoms with Gasteiger partial charge < -0.3 is 20.1 Å². The number of rotatable bonds is 8. The van der Waals surface area contributed by atoms with Gasteiger partial charge in [-0.3, -0.25) is 0 Å². The molecule has 0 aliphatic heterocycles. The lowest BCUT2D eigenvalue weighted by atomic mass is 10.0. The Hall–Kier alpha value is -3.05. The molecule has 3 N–H and O–H groups in total. The number of carboxylic acids is 1. The fourth-order valence-corrected chi connectivity index (χ4v) is 4.24. The van der Waals surface area contributed by atoms with Crippen LogP contribution in [-0.4, -0.2) is 28.7 Å². The highest BCUT2D eigenvalue weighted by atomic mass is 16.5. The largest absolute Gasteiger partial charge is 0.478 e. The van der Waals surface area contributed by atoms with E-state index in [1.165, 1.54) is 31.8 Å². The molecule has 0 bridgehead atoms. The quantitative estimate of drug-likeness (QED) is 0.413. The number of hydrogen-bond donors (Lipinski definition) is 3. The first-order valence-corrected chi connectivity index (χ1v) is 10.6. The van der Waals surface area contributed by atoms with E-state index < -0.39 is 5.97 Å². The molecule has 0 saturated heterocycles. The van der Waals surface area contributed by atoms with Crippen LogP contribution in [0.3, 0.4) is 0 Å². The second kappa shape index (κ2) is 9.18. The van der Waals surface area contributed by atoms with E-state index in [0.29, 0.717) is 19.3 Å². The second-order valence-electron chi connectivity index (χ2n) is 7.78. The van der Waals surface area contributed by atoms with Crippen molar-refractivity contribution in [2.75, 3.05) is 11.9 Å². The maximum Gasteiger partial charge on any atom is 0.328 e. The molecule has 4 rings (SSSR count). The van der Waals surface area contributed by atoms with Crippen molar-refractivity contribution in [2.24, 2.45) is 0 Å². The van der Waals surface area contributed by atoms with E-state index in [4.69, 9.17) is 4.74 Å². The molecule has 3 aromatic rings. The minimum absolute atomic E-state index is 0.469. The first-order valence-electron chi connectivity index (χ1n) is 10.6. The van der Waals surface area contributed by atoms with Crippen molar-refractivity contribution in [3.8, 4) is 11.3 Å². The maximum atomic E-state index is 11.3. The predicted octanol–water partition coefficient (Wildman–Crippen LogP) is 5.82. The lowest BCUT2D eigenvalue weighted by Gasteiger charge is -2.16. The topological polar surface area (TPSA) is 74.3 Å². The number of aromatic amines is 1. The van der Waals surface area contributed by atoms with E-state index in [-0.39, 0.29) is 0 Å². The van der Waals surface area contributed by atoms with Crippen LogP contribution >= 0.6 is 0 Å². The molecule has 0 atom stereocenters. The summed E-state index contributed by atoms with van der Waals surface area (Å²) in [6.07, 6.45) is 7.75. The van der Waals surface area contributed by atoms with E-state index >= 15 is 0 Å². The molecule has 0 unspecified atom stereocenters. The summed E-state index contributed by atoms with van der Waals surface area (Å²) in [5.41, 5.74) is 5.97. The van der Waals surface area contributed by atoms with E-state index in [0.717, 1.165) is 39.0 Å². The Bertz CT molecular complexity index is 1050. The van der Waals surface area contributed by atoms with Crippen molar-refractivity contribution in [1.82, 2.24) is 4.98 Å². The average Bonchev–Trinajstić information content (AvgIpc) is 3.39. The molecule has 0 amide bonds. The number of anilines is 1. The number of nitrogens with one attached hydrogen (secondary N) is 2. The van der Waals surface area contributed by atoms with E-state index in [9.17, 15) is 9.90 Å². The van der Waals surface area contributed by atoms with Gasteiger partial charge in [-0.25, -0.2) is 4.79 Å². The molecule has 1 saturated carbocycles. The van der Waals surface area contributed by atoms with Gasteiger partial charge in [-0.15, -0.1) is 0 Å². The van der Waals surface area contributed by atoms with Crippen molar-refractivity contribution in [3.63, 3.8) is 0 Å². The van der Waals surface area contributed by atoms with Crippen LogP contribution in [0.4, 0.5) is 5.69 Å². The maximum absolute atomic E-state index is 11.3. The third kappa shape index (κ3) is 4.41. The molecule has 0 radical (unpaired) electrons. The summed E-state index contributed by atoms with van der Waals surface area (Å²) >= 11 is 0. The van der Waals surface area contributed by atoms with Gasteiger partial charge in [0.1, 0.15) is 0 Å². The van der Waals surface area contributed by atoms with Crippen molar-refractivity contribution >= 4 is 28.6 Å². The zero-order valence-electron chi connectivity index (χ0n) is 17.3. The second-order valence-corrected chi connectivity index (χ2v) is 7.78. The van der Waals surface area contributed by atoms with Crippen molar-refractivity contribution in [3.05, 3.63) is 59.7 Å². The van der Waals surface area contributed by atoms with Gasteiger partial charge in [-0.2, -0.15) is 0 Å². The number of aliphatic carboxylic acids is 1.